The third-order valence-electron chi connectivity index (χ3n) is 2.77. The molecular weight excluding hydrogens is 316 g/mol. The number of nitrogens with one attached hydrogen (secondary N) is 1. The SMILES string of the molecule is CC(O)CNC(=O)CCCCC(N)=O.NC(=O)CCCCC(N)=O. The molecule has 0 aliphatic rings. The van der Waals surface area contributed by atoms with Gasteiger partial charge in [-0.3, -0.25) is 19.2 Å². The van der Waals surface area contributed by atoms with Crippen LogP contribution in [0.4, 0.5) is 0 Å². The van der Waals surface area contributed by atoms with E-state index in [0.29, 0.717) is 51.4 Å². The third kappa shape index (κ3) is 24.8. The first-order valence-corrected chi connectivity index (χ1v) is 7.94. The Labute approximate surface area is 142 Å². The number of primary amides is 3. The molecule has 0 aliphatic heterocycles. The molecule has 9 nitrogen and oxygen atoms in total. The minimum Gasteiger partial charge on any atom is -0.392 e. The molecule has 1 atom stereocenters. The molecule has 0 saturated carbocycles. The minimum absolute atomic E-state index is 0.102. The molecule has 140 valence electrons. The maximum Gasteiger partial charge on any atom is 0.220 e. The Kier molecular flexibility index (Phi) is 15.8. The van der Waals surface area contributed by atoms with Crippen LogP contribution in [0.1, 0.15) is 58.3 Å². The number of nitrogens with two attached hydrogens (primary N) is 3. The standard InChI is InChI=1S/C9H18N2O3.C6H12N2O2/c1-7(12)6-11-9(14)5-3-2-4-8(10)13;7-5(9)3-1-2-4-6(8)10/h7,12H,2-6H2,1H3,(H2,10,13)(H,11,14);1-4H2,(H2,7,9)(H2,8,10). The lowest BCUT2D eigenvalue weighted by molar-refractivity contribution is -0.122. The normalized spacial score (nSPS) is 10.9. The van der Waals surface area contributed by atoms with Crippen LogP contribution in [-0.2, 0) is 19.2 Å². The number of unbranched alkanes of at least 4 members (excludes halogenated alkanes) is 2. The van der Waals surface area contributed by atoms with Gasteiger partial charge in [0, 0.05) is 32.2 Å². The zero-order valence-electron chi connectivity index (χ0n) is 14.3. The predicted octanol–water partition coefficient (Wildman–Crippen LogP) is -0.953. The minimum atomic E-state index is -0.524. The Balaban J connectivity index is 0. The van der Waals surface area contributed by atoms with E-state index < -0.39 is 6.10 Å². The summed E-state index contributed by atoms with van der Waals surface area (Å²) in [5.41, 5.74) is 14.6. The second kappa shape index (κ2) is 15.7. The molecule has 0 spiro atoms. The van der Waals surface area contributed by atoms with Crippen molar-refractivity contribution < 1.29 is 24.3 Å². The Bertz CT molecular complexity index is 383. The van der Waals surface area contributed by atoms with E-state index in [4.69, 9.17) is 22.3 Å². The highest BCUT2D eigenvalue weighted by Crippen LogP contribution is 1.99. The number of aliphatic hydroxyl groups is 1. The average molecular weight is 346 g/mol. The Morgan fingerprint density at radius 2 is 1.12 bits per heavy atom. The average Bonchev–Trinajstić information content (AvgIpc) is 2.46. The summed E-state index contributed by atoms with van der Waals surface area (Å²) in [7, 11) is 0. The van der Waals surface area contributed by atoms with Gasteiger partial charge in [0.15, 0.2) is 0 Å². The van der Waals surface area contributed by atoms with Crippen LogP contribution in [-0.4, -0.2) is 41.4 Å². The van der Waals surface area contributed by atoms with E-state index in [-0.39, 0.29) is 30.2 Å². The lowest BCUT2D eigenvalue weighted by Crippen LogP contribution is -2.30. The monoisotopic (exact) mass is 346 g/mol. The lowest BCUT2D eigenvalue weighted by Gasteiger charge is -2.06. The van der Waals surface area contributed by atoms with E-state index in [9.17, 15) is 19.2 Å². The number of carbonyl (C=O) groups is 4. The van der Waals surface area contributed by atoms with Crippen LogP contribution in [0.15, 0.2) is 0 Å². The maximum atomic E-state index is 11.1. The summed E-state index contributed by atoms with van der Waals surface area (Å²) in [6.07, 6.45) is 3.44. The highest BCUT2D eigenvalue weighted by molar-refractivity contribution is 5.76. The summed E-state index contributed by atoms with van der Waals surface area (Å²) in [4.78, 5) is 41.7. The molecule has 0 saturated heterocycles. The summed E-state index contributed by atoms with van der Waals surface area (Å²) in [6.45, 7) is 1.88. The largest absolute Gasteiger partial charge is 0.392 e. The molecule has 9 heteroatoms. The quantitative estimate of drug-likeness (QED) is 0.285. The van der Waals surface area contributed by atoms with Crippen molar-refractivity contribution in [3.8, 4) is 0 Å². The molecule has 0 aromatic rings. The van der Waals surface area contributed by atoms with E-state index in [1.165, 1.54) is 0 Å². The van der Waals surface area contributed by atoms with E-state index in [2.05, 4.69) is 5.32 Å². The van der Waals surface area contributed by atoms with Crippen molar-refractivity contribution in [3.63, 3.8) is 0 Å². The van der Waals surface area contributed by atoms with E-state index >= 15 is 0 Å². The van der Waals surface area contributed by atoms with Gasteiger partial charge in [-0.25, -0.2) is 0 Å². The van der Waals surface area contributed by atoms with Crippen LogP contribution in [0.2, 0.25) is 0 Å². The zero-order valence-corrected chi connectivity index (χ0v) is 14.3. The van der Waals surface area contributed by atoms with Crippen LogP contribution in [0.5, 0.6) is 0 Å². The molecule has 0 aliphatic carbocycles. The third-order valence-corrected chi connectivity index (χ3v) is 2.77. The maximum absolute atomic E-state index is 11.1. The molecule has 0 rings (SSSR count). The van der Waals surface area contributed by atoms with Crippen molar-refractivity contribution in [2.75, 3.05) is 6.54 Å². The Morgan fingerprint density at radius 1 is 0.792 bits per heavy atom. The van der Waals surface area contributed by atoms with Gasteiger partial charge in [0.1, 0.15) is 0 Å². The zero-order chi connectivity index (χ0) is 19.0. The van der Waals surface area contributed by atoms with Gasteiger partial charge in [0.2, 0.25) is 23.6 Å². The van der Waals surface area contributed by atoms with Crippen LogP contribution in [0.3, 0.4) is 0 Å². The first kappa shape index (κ1) is 24.1. The number of amides is 4. The fraction of sp³-hybridized carbons (Fsp3) is 0.733. The van der Waals surface area contributed by atoms with Gasteiger partial charge in [-0.05, 0) is 32.6 Å². The molecule has 0 fully saturated rings. The van der Waals surface area contributed by atoms with Crippen molar-refractivity contribution in [2.24, 2.45) is 17.2 Å². The fourth-order valence-corrected chi connectivity index (χ4v) is 1.53. The van der Waals surface area contributed by atoms with Crippen molar-refractivity contribution in [1.29, 1.82) is 0 Å². The van der Waals surface area contributed by atoms with Gasteiger partial charge in [-0.2, -0.15) is 0 Å². The van der Waals surface area contributed by atoms with E-state index in [1.807, 2.05) is 0 Å². The smallest absolute Gasteiger partial charge is 0.220 e. The summed E-state index contributed by atoms with van der Waals surface area (Å²) in [6, 6.07) is 0. The molecular formula is C15H30N4O5. The van der Waals surface area contributed by atoms with E-state index in [0.717, 1.165) is 0 Å². The molecule has 0 aromatic heterocycles. The number of hydrogen-bond acceptors (Lipinski definition) is 5. The van der Waals surface area contributed by atoms with E-state index in [1.54, 1.807) is 6.92 Å². The second-order valence-corrected chi connectivity index (χ2v) is 5.47. The number of rotatable bonds is 12. The molecule has 8 N–H and O–H groups in total. The second-order valence-electron chi connectivity index (χ2n) is 5.47. The molecule has 1 unspecified atom stereocenters. The number of hydrogen-bond donors (Lipinski definition) is 5. The van der Waals surface area contributed by atoms with Crippen LogP contribution in [0.25, 0.3) is 0 Å². The molecule has 0 bridgehead atoms. The molecule has 4 amide bonds. The number of carbonyl (C=O) groups excluding carboxylic acids is 4. The van der Waals surface area contributed by atoms with Crippen molar-refractivity contribution in [1.82, 2.24) is 5.32 Å². The lowest BCUT2D eigenvalue weighted by atomic mass is 10.2. The van der Waals surface area contributed by atoms with Gasteiger partial charge in [-0.1, -0.05) is 0 Å². The predicted molar refractivity (Wildman–Crippen MR) is 89.2 cm³/mol. The van der Waals surface area contributed by atoms with Gasteiger partial charge in [0.05, 0.1) is 6.10 Å². The molecule has 24 heavy (non-hydrogen) atoms. The highest BCUT2D eigenvalue weighted by Gasteiger charge is 2.03. The topological polar surface area (TPSA) is 179 Å². The first-order valence-electron chi connectivity index (χ1n) is 7.94. The van der Waals surface area contributed by atoms with Gasteiger partial charge >= 0.3 is 0 Å². The Hall–Kier alpha value is -2.16. The summed E-state index contributed by atoms with van der Waals surface area (Å²) in [5.74, 6) is -1.10. The fourth-order valence-electron chi connectivity index (χ4n) is 1.53. The summed E-state index contributed by atoms with van der Waals surface area (Å²) >= 11 is 0. The molecule has 0 radical (unpaired) electrons. The van der Waals surface area contributed by atoms with Crippen LogP contribution in [0, 0.1) is 0 Å². The van der Waals surface area contributed by atoms with Gasteiger partial charge in [-0.15, -0.1) is 0 Å². The van der Waals surface area contributed by atoms with Crippen LogP contribution >= 0.6 is 0 Å². The van der Waals surface area contributed by atoms with Gasteiger partial charge < -0.3 is 27.6 Å². The van der Waals surface area contributed by atoms with Crippen molar-refractivity contribution >= 4 is 23.6 Å². The van der Waals surface area contributed by atoms with Crippen molar-refractivity contribution in [3.05, 3.63) is 0 Å². The molecule has 0 aromatic carbocycles. The summed E-state index contributed by atoms with van der Waals surface area (Å²) < 4.78 is 0. The molecule has 0 heterocycles. The van der Waals surface area contributed by atoms with Crippen molar-refractivity contribution in [2.45, 2.75) is 64.4 Å². The summed E-state index contributed by atoms with van der Waals surface area (Å²) in [5, 5.41) is 11.4. The first-order chi connectivity index (χ1) is 11.1. The number of aliphatic hydroxyl groups excluding tert-OH is 1. The van der Waals surface area contributed by atoms with Gasteiger partial charge in [0.25, 0.3) is 0 Å². The Morgan fingerprint density at radius 3 is 1.42 bits per heavy atom. The van der Waals surface area contributed by atoms with Crippen LogP contribution < -0.4 is 22.5 Å². The highest BCUT2D eigenvalue weighted by atomic mass is 16.3.